The third kappa shape index (κ3) is 1.68. The van der Waals surface area contributed by atoms with Gasteiger partial charge in [0.1, 0.15) is 0 Å². The number of aromatic nitrogens is 2. The zero-order valence-corrected chi connectivity index (χ0v) is 9.33. The first-order valence-electron chi connectivity index (χ1n) is 4.87. The van der Waals surface area contributed by atoms with Gasteiger partial charge < -0.3 is 5.11 Å². The lowest BCUT2D eigenvalue weighted by atomic mass is 10.3. The topological polar surface area (TPSA) is 65.7 Å². The summed E-state index contributed by atoms with van der Waals surface area (Å²) >= 11 is 5.86. The number of aromatic hydroxyl groups is 1. The highest BCUT2D eigenvalue weighted by atomic mass is 35.5. The van der Waals surface area contributed by atoms with E-state index in [1.807, 2.05) is 6.07 Å². The average molecular weight is 250 g/mol. The van der Waals surface area contributed by atoms with Crippen LogP contribution in [0.1, 0.15) is 0 Å². The number of hydrazine groups is 1. The van der Waals surface area contributed by atoms with Crippen molar-refractivity contribution < 1.29 is 5.11 Å². The molecule has 0 fully saturated rings. The van der Waals surface area contributed by atoms with Gasteiger partial charge in [0.05, 0.1) is 17.8 Å². The van der Waals surface area contributed by atoms with Gasteiger partial charge in [-0.05, 0) is 18.2 Å². The molecule has 0 amide bonds. The molecular formula is C10H8ClN5O. The van der Waals surface area contributed by atoms with Gasteiger partial charge >= 0.3 is 0 Å². The van der Waals surface area contributed by atoms with Crippen LogP contribution in [0.25, 0.3) is 6.20 Å². The van der Waals surface area contributed by atoms with Crippen molar-refractivity contribution in [1.29, 1.82) is 0 Å². The van der Waals surface area contributed by atoms with Gasteiger partial charge in [0.25, 0.3) is 0 Å². The number of halogens is 1. The Morgan fingerprint density at radius 3 is 2.94 bits per heavy atom. The van der Waals surface area contributed by atoms with Crippen LogP contribution in [0.15, 0.2) is 35.6 Å². The molecule has 0 bridgehead atoms. The molecule has 0 saturated carbocycles. The molecule has 2 heterocycles. The second-order valence-corrected chi connectivity index (χ2v) is 3.90. The van der Waals surface area contributed by atoms with E-state index in [-0.39, 0.29) is 5.88 Å². The lowest BCUT2D eigenvalue weighted by Crippen LogP contribution is -2.48. The van der Waals surface area contributed by atoms with E-state index < -0.39 is 0 Å². The Hall–Kier alpha value is -2.21. The van der Waals surface area contributed by atoms with Gasteiger partial charge in [0.15, 0.2) is 0 Å². The summed E-state index contributed by atoms with van der Waals surface area (Å²) in [5, 5.41) is 21.3. The molecule has 0 unspecified atom stereocenters. The van der Waals surface area contributed by atoms with Crippen LogP contribution >= 0.6 is 11.6 Å². The molecule has 17 heavy (non-hydrogen) atoms. The summed E-state index contributed by atoms with van der Waals surface area (Å²) in [5.41, 5.74) is 2.73. The highest BCUT2D eigenvalue weighted by Gasteiger charge is 2.09. The number of rotatable bonds is 1. The van der Waals surface area contributed by atoms with Crippen LogP contribution in [0.4, 0.5) is 0 Å². The summed E-state index contributed by atoms with van der Waals surface area (Å²) in [6, 6.07) is 6.85. The lowest BCUT2D eigenvalue weighted by Gasteiger charge is -2.21. The Morgan fingerprint density at radius 2 is 2.18 bits per heavy atom. The van der Waals surface area contributed by atoms with Crippen LogP contribution in [0.5, 0.6) is 5.88 Å². The van der Waals surface area contributed by atoms with Crippen molar-refractivity contribution >= 4 is 17.8 Å². The summed E-state index contributed by atoms with van der Waals surface area (Å²) in [5.74, 6) is 0.0152. The first-order valence-corrected chi connectivity index (χ1v) is 5.25. The fraction of sp³-hybridized carbons (Fsp3) is 0. The minimum atomic E-state index is 0.0152. The van der Waals surface area contributed by atoms with Crippen molar-refractivity contribution in [1.82, 2.24) is 15.4 Å². The largest absolute Gasteiger partial charge is 0.492 e. The zero-order chi connectivity index (χ0) is 11.8. The van der Waals surface area contributed by atoms with Crippen LogP contribution in [0, 0.1) is 0 Å². The van der Waals surface area contributed by atoms with Gasteiger partial charge in [0.2, 0.25) is 5.88 Å². The second kappa shape index (κ2) is 3.67. The summed E-state index contributed by atoms with van der Waals surface area (Å²) in [7, 11) is 0. The normalized spacial score (nSPS) is 13.4. The minimum Gasteiger partial charge on any atom is -0.492 e. The molecule has 3 rings (SSSR count). The number of hydrogen-bond acceptors (Lipinski definition) is 5. The van der Waals surface area contributed by atoms with Gasteiger partial charge in [-0.2, -0.15) is 20.9 Å². The average Bonchev–Trinajstić information content (AvgIpc) is 2.75. The second-order valence-electron chi connectivity index (χ2n) is 3.47. The minimum absolute atomic E-state index is 0.0152. The predicted molar refractivity (Wildman–Crippen MR) is 61.9 cm³/mol. The van der Waals surface area contributed by atoms with Gasteiger partial charge in [-0.15, -0.1) is 4.79 Å². The molecule has 0 radical (unpaired) electrons. The maximum absolute atomic E-state index is 9.53. The van der Waals surface area contributed by atoms with Crippen LogP contribution in [-0.4, -0.2) is 15.0 Å². The van der Waals surface area contributed by atoms with Crippen LogP contribution < -0.4 is 21.2 Å². The lowest BCUT2D eigenvalue weighted by molar-refractivity contribution is 0.385. The fourth-order valence-corrected chi connectivity index (χ4v) is 1.71. The molecule has 1 aliphatic rings. The SMILES string of the molecule is Oc1ccnn1N1C=c2ccc(Cl)cc2=NN1. The predicted octanol–water partition coefficient (Wildman–Crippen LogP) is -0.329. The molecule has 0 aliphatic carbocycles. The van der Waals surface area contributed by atoms with Crippen LogP contribution in [-0.2, 0) is 0 Å². The van der Waals surface area contributed by atoms with Gasteiger partial charge in [0, 0.05) is 16.3 Å². The summed E-state index contributed by atoms with van der Waals surface area (Å²) in [4.78, 5) is 1.28. The molecule has 7 heteroatoms. The molecule has 1 aromatic carbocycles. The van der Waals surface area contributed by atoms with Crippen molar-refractivity contribution in [3.8, 4) is 5.88 Å². The summed E-state index contributed by atoms with van der Waals surface area (Å²) < 4.78 is 0. The third-order valence-electron chi connectivity index (χ3n) is 2.34. The summed E-state index contributed by atoms with van der Waals surface area (Å²) in [6.07, 6.45) is 3.24. The van der Waals surface area contributed by atoms with Gasteiger partial charge in [-0.1, -0.05) is 11.6 Å². The van der Waals surface area contributed by atoms with Crippen molar-refractivity contribution in [2.45, 2.75) is 0 Å². The quantitative estimate of drug-likeness (QED) is 0.727. The van der Waals surface area contributed by atoms with Gasteiger partial charge in [-0.25, -0.2) is 0 Å². The van der Waals surface area contributed by atoms with Crippen LogP contribution in [0.3, 0.4) is 0 Å². The number of nitrogens with zero attached hydrogens (tertiary/aromatic N) is 4. The smallest absolute Gasteiger partial charge is 0.232 e. The van der Waals surface area contributed by atoms with Crippen molar-refractivity contribution in [2.75, 3.05) is 5.12 Å². The first kappa shape index (κ1) is 9.98. The number of benzene rings is 1. The van der Waals surface area contributed by atoms with E-state index in [2.05, 4.69) is 15.7 Å². The molecule has 2 N–H and O–H groups in total. The molecule has 86 valence electrons. The molecule has 1 aliphatic heterocycles. The molecular weight excluding hydrogens is 242 g/mol. The molecule has 2 aromatic rings. The van der Waals surface area contributed by atoms with Crippen molar-refractivity contribution in [3.05, 3.63) is 46.1 Å². The number of hydrogen-bond donors (Lipinski definition) is 2. The Bertz CT molecular complexity index is 680. The Labute approximate surface area is 101 Å². The third-order valence-corrected chi connectivity index (χ3v) is 2.57. The van der Waals surface area contributed by atoms with E-state index >= 15 is 0 Å². The molecule has 1 aromatic heterocycles. The molecule has 6 nitrogen and oxygen atoms in total. The standard InChI is InChI=1S/C10H8ClN5O/c11-8-2-1-7-6-15(14-13-9(7)5-8)16-10(17)3-4-12-16/h1-6,14,17H. The van der Waals surface area contributed by atoms with E-state index in [1.165, 1.54) is 22.2 Å². The first-order chi connectivity index (χ1) is 8.24. The number of nitrogens with one attached hydrogen (secondary N) is 1. The molecule has 0 saturated heterocycles. The highest BCUT2D eigenvalue weighted by Crippen LogP contribution is 2.06. The highest BCUT2D eigenvalue weighted by molar-refractivity contribution is 6.30. The Balaban J connectivity index is 2.10. The fourth-order valence-electron chi connectivity index (χ4n) is 1.54. The van der Waals surface area contributed by atoms with E-state index in [4.69, 9.17) is 11.6 Å². The number of fused-ring (bicyclic) bond motifs is 1. The summed E-state index contributed by atoms with van der Waals surface area (Å²) in [6.45, 7) is 0. The van der Waals surface area contributed by atoms with E-state index in [0.717, 1.165) is 10.6 Å². The van der Waals surface area contributed by atoms with Gasteiger partial charge in [-0.3, -0.25) is 0 Å². The molecule has 0 spiro atoms. The van der Waals surface area contributed by atoms with Crippen molar-refractivity contribution in [2.24, 2.45) is 5.10 Å². The Kier molecular flexibility index (Phi) is 2.15. The van der Waals surface area contributed by atoms with E-state index in [1.54, 1.807) is 18.3 Å². The zero-order valence-electron chi connectivity index (χ0n) is 8.58. The van der Waals surface area contributed by atoms with E-state index in [9.17, 15) is 5.11 Å². The maximum atomic E-state index is 9.53. The van der Waals surface area contributed by atoms with E-state index in [0.29, 0.717) is 5.02 Å². The monoisotopic (exact) mass is 249 g/mol. The Morgan fingerprint density at radius 1 is 1.29 bits per heavy atom. The maximum Gasteiger partial charge on any atom is 0.232 e. The van der Waals surface area contributed by atoms with Crippen LogP contribution in [0.2, 0.25) is 5.02 Å². The van der Waals surface area contributed by atoms with Crippen molar-refractivity contribution in [3.63, 3.8) is 0 Å². The molecule has 0 atom stereocenters.